The first kappa shape index (κ1) is 16.6. The number of aromatic nitrogens is 3. The minimum atomic E-state index is -0.180. The van der Waals surface area contributed by atoms with Crippen LogP contribution in [0.4, 0.5) is 5.82 Å². The second-order valence-corrected chi connectivity index (χ2v) is 7.10. The van der Waals surface area contributed by atoms with Gasteiger partial charge in [0.05, 0.1) is 17.5 Å². The van der Waals surface area contributed by atoms with Crippen molar-refractivity contribution in [2.75, 3.05) is 5.32 Å². The van der Waals surface area contributed by atoms with Crippen molar-refractivity contribution in [1.82, 2.24) is 15.2 Å². The topological polar surface area (TPSA) is 104 Å². The Morgan fingerprint density at radius 3 is 2.89 bits per heavy atom. The molecule has 1 fully saturated rings. The molecule has 0 atom stereocenters. The van der Waals surface area contributed by atoms with Crippen LogP contribution >= 0.6 is 0 Å². The number of fused-ring (bicyclic) bond motifs is 1. The molecule has 5 rings (SSSR count). The normalized spacial score (nSPS) is 13.7. The maximum Gasteiger partial charge on any atom is 0.229 e. The van der Waals surface area contributed by atoms with Gasteiger partial charge in [-0.15, -0.1) is 0 Å². The van der Waals surface area contributed by atoms with E-state index in [9.17, 15) is 9.59 Å². The second kappa shape index (κ2) is 6.53. The predicted octanol–water partition coefficient (Wildman–Crippen LogP) is 3.57. The monoisotopic (exact) mass is 374 g/mol. The summed E-state index contributed by atoms with van der Waals surface area (Å²) in [6.07, 6.45) is 4.26. The van der Waals surface area contributed by atoms with E-state index >= 15 is 0 Å². The molecule has 1 aromatic carbocycles. The van der Waals surface area contributed by atoms with Gasteiger partial charge in [-0.25, -0.2) is 0 Å². The lowest BCUT2D eigenvalue weighted by Crippen LogP contribution is -2.15. The number of aromatic amines is 2. The average Bonchev–Trinajstić information content (AvgIpc) is 3.18. The average molecular weight is 374 g/mol. The van der Waals surface area contributed by atoms with Gasteiger partial charge in [-0.3, -0.25) is 14.7 Å². The standard InChI is InChI=1S/C21H18N4O3/c26-17-11-19(15-2-1-7-22-15)28-18-6-3-12(8-14(17)18)9-21(27)23-20-10-16(24-25-20)13-4-5-13/h1-3,6-8,10-11,13,22H,4-5,9H2,(H2,23,24,25,27). The molecule has 28 heavy (non-hydrogen) atoms. The quantitative estimate of drug-likeness (QED) is 0.497. The Morgan fingerprint density at radius 1 is 1.21 bits per heavy atom. The number of benzene rings is 1. The Bertz CT molecular complexity index is 1220. The Balaban J connectivity index is 1.35. The van der Waals surface area contributed by atoms with Gasteiger partial charge in [0, 0.05) is 29.9 Å². The van der Waals surface area contributed by atoms with Crippen LogP contribution in [0.5, 0.6) is 0 Å². The molecule has 1 amide bonds. The molecule has 140 valence electrons. The molecule has 3 N–H and O–H groups in total. The van der Waals surface area contributed by atoms with Crippen molar-refractivity contribution >= 4 is 22.7 Å². The van der Waals surface area contributed by atoms with Gasteiger partial charge in [0.15, 0.2) is 17.0 Å². The number of nitrogens with one attached hydrogen (secondary N) is 3. The van der Waals surface area contributed by atoms with Crippen molar-refractivity contribution in [3.8, 4) is 11.5 Å². The molecule has 7 heteroatoms. The maximum absolute atomic E-state index is 12.5. The summed E-state index contributed by atoms with van der Waals surface area (Å²) in [5.41, 5.74) is 2.89. The number of nitrogens with zero attached hydrogens (tertiary/aromatic N) is 1. The Kier molecular flexibility index (Phi) is 3.86. The molecule has 3 aromatic heterocycles. The van der Waals surface area contributed by atoms with E-state index in [0.717, 1.165) is 17.0 Å². The first-order valence-corrected chi connectivity index (χ1v) is 9.21. The van der Waals surface area contributed by atoms with E-state index in [1.54, 1.807) is 24.4 Å². The fourth-order valence-corrected chi connectivity index (χ4v) is 3.31. The molecule has 1 saturated carbocycles. The largest absolute Gasteiger partial charge is 0.454 e. The molecule has 4 aromatic rings. The number of amides is 1. The lowest BCUT2D eigenvalue weighted by molar-refractivity contribution is -0.115. The number of carbonyl (C=O) groups excluding carboxylic acids is 1. The molecule has 0 saturated heterocycles. The van der Waals surface area contributed by atoms with E-state index in [1.165, 1.54) is 18.9 Å². The summed E-state index contributed by atoms with van der Waals surface area (Å²) in [4.78, 5) is 27.9. The lowest BCUT2D eigenvalue weighted by atomic mass is 10.1. The first-order valence-electron chi connectivity index (χ1n) is 9.21. The molecule has 0 unspecified atom stereocenters. The van der Waals surface area contributed by atoms with Gasteiger partial charge in [0.25, 0.3) is 0 Å². The van der Waals surface area contributed by atoms with E-state index in [2.05, 4.69) is 20.5 Å². The van der Waals surface area contributed by atoms with Gasteiger partial charge in [-0.1, -0.05) is 6.07 Å². The van der Waals surface area contributed by atoms with Crippen LogP contribution in [0.1, 0.15) is 30.0 Å². The zero-order valence-electron chi connectivity index (χ0n) is 15.0. The van der Waals surface area contributed by atoms with Gasteiger partial charge >= 0.3 is 0 Å². The van der Waals surface area contributed by atoms with E-state index in [0.29, 0.717) is 28.5 Å². The molecule has 0 spiro atoms. The minimum absolute atomic E-state index is 0.144. The van der Waals surface area contributed by atoms with Gasteiger partial charge in [0.1, 0.15) is 5.58 Å². The molecule has 3 heterocycles. The summed E-state index contributed by atoms with van der Waals surface area (Å²) in [7, 11) is 0. The fourth-order valence-electron chi connectivity index (χ4n) is 3.31. The van der Waals surface area contributed by atoms with Crippen molar-refractivity contribution in [2.24, 2.45) is 0 Å². The third-order valence-electron chi connectivity index (χ3n) is 4.90. The summed E-state index contributed by atoms with van der Waals surface area (Å²) in [5, 5.41) is 10.3. The highest BCUT2D eigenvalue weighted by molar-refractivity contribution is 5.92. The van der Waals surface area contributed by atoms with E-state index in [1.807, 2.05) is 18.2 Å². The van der Waals surface area contributed by atoms with Crippen molar-refractivity contribution in [2.45, 2.75) is 25.2 Å². The number of carbonyl (C=O) groups is 1. The molecule has 0 bridgehead atoms. The van der Waals surface area contributed by atoms with Crippen molar-refractivity contribution in [3.63, 3.8) is 0 Å². The van der Waals surface area contributed by atoms with Gasteiger partial charge in [-0.05, 0) is 42.7 Å². The predicted molar refractivity (Wildman–Crippen MR) is 105 cm³/mol. The molecular formula is C21H18N4O3. The number of hydrogen-bond acceptors (Lipinski definition) is 4. The van der Waals surface area contributed by atoms with Gasteiger partial charge < -0.3 is 14.7 Å². The summed E-state index contributed by atoms with van der Waals surface area (Å²) in [6, 6.07) is 12.3. The van der Waals surface area contributed by atoms with Gasteiger partial charge in [0.2, 0.25) is 5.91 Å². The molecule has 1 aliphatic rings. The van der Waals surface area contributed by atoms with Crippen LogP contribution in [0.3, 0.4) is 0 Å². The van der Waals surface area contributed by atoms with Crippen LogP contribution < -0.4 is 10.7 Å². The zero-order chi connectivity index (χ0) is 19.1. The summed E-state index contributed by atoms with van der Waals surface area (Å²) in [5.74, 6) is 1.38. The molecule has 0 radical (unpaired) electrons. The number of rotatable bonds is 5. The van der Waals surface area contributed by atoms with Crippen LogP contribution in [0.2, 0.25) is 0 Å². The Labute approximate surface area is 159 Å². The highest BCUT2D eigenvalue weighted by atomic mass is 16.3. The Morgan fingerprint density at radius 2 is 2.11 bits per heavy atom. The van der Waals surface area contributed by atoms with Crippen molar-refractivity contribution < 1.29 is 9.21 Å². The number of H-pyrrole nitrogens is 2. The molecule has 7 nitrogen and oxygen atoms in total. The van der Waals surface area contributed by atoms with Crippen molar-refractivity contribution in [3.05, 3.63) is 70.1 Å². The lowest BCUT2D eigenvalue weighted by Gasteiger charge is -2.05. The number of anilines is 1. The minimum Gasteiger partial charge on any atom is -0.454 e. The van der Waals surface area contributed by atoms with Crippen molar-refractivity contribution in [1.29, 1.82) is 0 Å². The first-order chi connectivity index (χ1) is 13.7. The zero-order valence-corrected chi connectivity index (χ0v) is 15.0. The van der Waals surface area contributed by atoms with E-state index in [-0.39, 0.29) is 17.8 Å². The van der Waals surface area contributed by atoms with E-state index < -0.39 is 0 Å². The highest BCUT2D eigenvalue weighted by Crippen LogP contribution is 2.39. The van der Waals surface area contributed by atoms with Crippen LogP contribution in [0.15, 0.2) is 57.9 Å². The third kappa shape index (κ3) is 3.22. The summed E-state index contributed by atoms with van der Waals surface area (Å²) >= 11 is 0. The second-order valence-electron chi connectivity index (χ2n) is 7.10. The molecule has 0 aliphatic heterocycles. The summed E-state index contributed by atoms with van der Waals surface area (Å²) < 4.78 is 5.83. The SMILES string of the molecule is O=C(Cc1ccc2oc(-c3ccc[nH]3)cc(=O)c2c1)Nc1cc(C2CC2)[nH]n1. The maximum atomic E-state index is 12.5. The van der Waals surface area contributed by atoms with Crippen LogP contribution in [0.25, 0.3) is 22.4 Å². The molecule has 1 aliphatic carbocycles. The van der Waals surface area contributed by atoms with Crippen LogP contribution in [0, 0.1) is 0 Å². The third-order valence-corrected chi connectivity index (χ3v) is 4.90. The van der Waals surface area contributed by atoms with Crippen LogP contribution in [-0.4, -0.2) is 21.1 Å². The molecular weight excluding hydrogens is 356 g/mol. The number of hydrogen-bond donors (Lipinski definition) is 3. The van der Waals surface area contributed by atoms with E-state index in [4.69, 9.17) is 4.42 Å². The van der Waals surface area contributed by atoms with Crippen LogP contribution in [-0.2, 0) is 11.2 Å². The Hall–Kier alpha value is -3.61. The summed E-state index contributed by atoms with van der Waals surface area (Å²) in [6.45, 7) is 0. The smallest absolute Gasteiger partial charge is 0.229 e. The highest BCUT2D eigenvalue weighted by Gasteiger charge is 2.25. The van der Waals surface area contributed by atoms with Gasteiger partial charge in [-0.2, -0.15) is 5.10 Å². The fraction of sp³-hybridized carbons (Fsp3) is 0.190.